The van der Waals surface area contributed by atoms with Crippen LogP contribution < -0.4 is 10.1 Å². The number of aromatic nitrogens is 2. The highest BCUT2D eigenvalue weighted by Gasteiger charge is 2.06. The van der Waals surface area contributed by atoms with Gasteiger partial charge >= 0.3 is 0 Å². The Morgan fingerprint density at radius 3 is 2.90 bits per heavy atom. The third-order valence-electron chi connectivity index (χ3n) is 2.76. The van der Waals surface area contributed by atoms with Gasteiger partial charge in [-0.1, -0.05) is 34.9 Å². The number of hydrogen-bond acceptors (Lipinski definition) is 5. The van der Waals surface area contributed by atoms with Gasteiger partial charge in [0.15, 0.2) is 6.61 Å². The van der Waals surface area contributed by atoms with Crippen molar-refractivity contribution in [2.45, 2.75) is 33.4 Å². The zero-order chi connectivity index (χ0) is 14.4. The molecule has 108 valence electrons. The third-order valence-corrected chi connectivity index (χ3v) is 3.54. The molecule has 20 heavy (non-hydrogen) atoms. The molecule has 2 rings (SSSR count). The molecular formula is C14H18BrN3O2. The lowest BCUT2D eigenvalue weighted by Gasteiger charge is -2.09. The molecule has 5 nitrogen and oxygen atoms in total. The van der Waals surface area contributed by atoms with E-state index in [1.807, 2.05) is 25.1 Å². The Hall–Kier alpha value is -1.40. The molecule has 0 radical (unpaired) electrons. The summed E-state index contributed by atoms with van der Waals surface area (Å²) in [6.45, 7) is 6.10. The first-order valence-corrected chi connectivity index (χ1v) is 7.45. The summed E-state index contributed by atoms with van der Waals surface area (Å²) >= 11 is 3.53. The van der Waals surface area contributed by atoms with E-state index in [2.05, 4.69) is 38.3 Å². The van der Waals surface area contributed by atoms with Gasteiger partial charge in [-0.05, 0) is 30.3 Å². The van der Waals surface area contributed by atoms with E-state index in [0.29, 0.717) is 18.3 Å². The lowest BCUT2D eigenvalue weighted by atomic mass is 10.2. The van der Waals surface area contributed by atoms with Crippen molar-refractivity contribution in [2.75, 3.05) is 6.54 Å². The van der Waals surface area contributed by atoms with E-state index in [1.165, 1.54) is 0 Å². The van der Waals surface area contributed by atoms with Crippen molar-refractivity contribution in [3.05, 3.63) is 40.0 Å². The lowest BCUT2D eigenvalue weighted by Crippen LogP contribution is -2.12. The van der Waals surface area contributed by atoms with Gasteiger partial charge in [0, 0.05) is 17.4 Å². The SMILES string of the molecule is CCNCc1cc(OCc2noc(CC)n2)ccc1Br. The minimum Gasteiger partial charge on any atom is -0.485 e. The molecule has 1 heterocycles. The number of ether oxygens (including phenoxy) is 1. The van der Waals surface area contributed by atoms with Crippen LogP contribution in [0, 0.1) is 0 Å². The minimum atomic E-state index is 0.311. The first-order valence-electron chi connectivity index (χ1n) is 6.66. The maximum Gasteiger partial charge on any atom is 0.226 e. The van der Waals surface area contributed by atoms with Gasteiger partial charge in [-0.25, -0.2) is 0 Å². The topological polar surface area (TPSA) is 60.2 Å². The lowest BCUT2D eigenvalue weighted by molar-refractivity contribution is 0.285. The highest BCUT2D eigenvalue weighted by molar-refractivity contribution is 9.10. The Bertz CT molecular complexity index is 557. The van der Waals surface area contributed by atoms with Crippen LogP contribution in [0.15, 0.2) is 27.2 Å². The van der Waals surface area contributed by atoms with Gasteiger partial charge in [0.2, 0.25) is 11.7 Å². The van der Waals surface area contributed by atoms with E-state index in [-0.39, 0.29) is 0 Å². The molecule has 0 bridgehead atoms. The van der Waals surface area contributed by atoms with Crippen molar-refractivity contribution in [3.63, 3.8) is 0 Å². The van der Waals surface area contributed by atoms with E-state index in [4.69, 9.17) is 9.26 Å². The second-order valence-corrected chi connectivity index (χ2v) is 5.13. The summed E-state index contributed by atoms with van der Waals surface area (Å²) < 4.78 is 11.8. The van der Waals surface area contributed by atoms with Crippen LogP contribution in [0.2, 0.25) is 0 Å². The Morgan fingerprint density at radius 2 is 2.20 bits per heavy atom. The fraction of sp³-hybridized carbons (Fsp3) is 0.429. The molecule has 1 N–H and O–H groups in total. The van der Waals surface area contributed by atoms with E-state index in [9.17, 15) is 0 Å². The molecule has 0 aliphatic carbocycles. The maximum atomic E-state index is 5.69. The number of hydrogen-bond donors (Lipinski definition) is 1. The van der Waals surface area contributed by atoms with E-state index >= 15 is 0 Å². The number of aryl methyl sites for hydroxylation is 1. The highest BCUT2D eigenvalue weighted by Crippen LogP contribution is 2.23. The molecule has 0 atom stereocenters. The van der Waals surface area contributed by atoms with Gasteiger partial charge in [0.05, 0.1) is 0 Å². The summed E-state index contributed by atoms with van der Waals surface area (Å²) in [6.07, 6.45) is 0.734. The van der Waals surface area contributed by atoms with Crippen LogP contribution in [0.25, 0.3) is 0 Å². The van der Waals surface area contributed by atoms with Gasteiger partial charge in [0.25, 0.3) is 0 Å². The van der Waals surface area contributed by atoms with E-state index in [1.54, 1.807) is 0 Å². The Labute approximate surface area is 126 Å². The van der Waals surface area contributed by atoms with Crippen LogP contribution >= 0.6 is 15.9 Å². The Morgan fingerprint density at radius 1 is 1.35 bits per heavy atom. The molecule has 2 aromatic rings. The molecule has 0 saturated carbocycles. The van der Waals surface area contributed by atoms with Gasteiger partial charge in [-0.15, -0.1) is 0 Å². The standard InChI is InChI=1S/C14H18BrN3O2/c1-3-14-17-13(18-20-14)9-19-11-5-6-12(15)10(7-11)8-16-4-2/h5-7,16H,3-4,8-9H2,1-2H3. The normalized spacial score (nSPS) is 10.8. The summed E-state index contributed by atoms with van der Waals surface area (Å²) in [6, 6.07) is 5.91. The molecule has 1 aromatic heterocycles. The number of halogens is 1. The fourth-order valence-corrected chi connectivity index (χ4v) is 2.06. The Kier molecular flexibility index (Phi) is 5.55. The quantitative estimate of drug-likeness (QED) is 0.839. The molecule has 1 aromatic carbocycles. The van der Waals surface area contributed by atoms with Gasteiger partial charge in [0.1, 0.15) is 5.75 Å². The number of nitrogens with one attached hydrogen (secondary N) is 1. The summed E-state index contributed by atoms with van der Waals surface area (Å²) in [5, 5.41) is 7.15. The van der Waals surface area contributed by atoms with Crippen molar-refractivity contribution >= 4 is 15.9 Å². The molecule has 0 saturated heterocycles. The molecular weight excluding hydrogens is 322 g/mol. The molecule has 0 unspecified atom stereocenters. The van der Waals surface area contributed by atoms with Crippen LogP contribution in [0.4, 0.5) is 0 Å². The monoisotopic (exact) mass is 339 g/mol. The number of benzene rings is 1. The van der Waals surface area contributed by atoms with Crippen molar-refractivity contribution in [3.8, 4) is 5.75 Å². The maximum absolute atomic E-state index is 5.69. The van der Waals surface area contributed by atoms with Crippen molar-refractivity contribution in [1.29, 1.82) is 0 Å². The average Bonchev–Trinajstić information content (AvgIpc) is 2.93. The second kappa shape index (κ2) is 7.40. The molecule has 0 fully saturated rings. The van der Waals surface area contributed by atoms with Crippen molar-refractivity contribution in [1.82, 2.24) is 15.5 Å². The van der Waals surface area contributed by atoms with Crippen LogP contribution in [-0.4, -0.2) is 16.7 Å². The fourth-order valence-electron chi connectivity index (χ4n) is 1.68. The zero-order valence-electron chi connectivity index (χ0n) is 11.6. The summed E-state index contributed by atoms with van der Waals surface area (Å²) in [7, 11) is 0. The summed E-state index contributed by atoms with van der Waals surface area (Å²) in [5.41, 5.74) is 1.16. The zero-order valence-corrected chi connectivity index (χ0v) is 13.2. The predicted octanol–water partition coefficient (Wildman–Crippen LogP) is 3.08. The molecule has 0 spiro atoms. The number of rotatable bonds is 7. The van der Waals surface area contributed by atoms with Crippen LogP contribution in [0.3, 0.4) is 0 Å². The molecule has 6 heteroatoms. The van der Waals surface area contributed by atoms with Crippen LogP contribution in [0.5, 0.6) is 5.75 Å². The highest BCUT2D eigenvalue weighted by atomic mass is 79.9. The van der Waals surface area contributed by atoms with Gasteiger partial charge in [-0.3, -0.25) is 0 Å². The van der Waals surface area contributed by atoms with E-state index in [0.717, 1.165) is 35.3 Å². The predicted molar refractivity (Wildman–Crippen MR) is 79.5 cm³/mol. The van der Waals surface area contributed by atoms with Crippen molar-refractivity contribution in [2.24, 2.45) is 0 Å². The van der Waals surface area contributed by atoms with Crippen LogP contribution in [-0.2, 0) is 19.6 Å². The average molecular weight is 340 g/mol. The van der Waals surface area contributed by atoms with E-state index < -0.39 is 0 Å². The molecule has 0 amide bonds. The first-order chi connectivity index (χ1) is 9.72. The summed E-state index contributed by atoms with van der Waals surface area (Å²) in [5.74, 6) is 1.99. The number of nitrogens with zero attached hydrogens (tertiary/aromatic N) is 2. The minimum absolute atomic E-state index is 0.311. The van der Waals surface area contributed by atoms with Gasteiger partial charge in [-0.2, -0.15) is 4.98 Å². The molecule has 0 aliphatic heterocycles. The first kappa shape index (κ1) is 15.0. The molecule has 0 aliphatic rings. The van der Waals surface area contributed by atoms with Crippen LogP contribution in [0.1, 0.15) is 31.1 Å². The summed E-state index contributed by atoms with van der Waals surface area (Å²) in [4.78, 5) is 4.21. The van der Waals surface area contributed by atoms with Gasteiger partial charge < -0.3 is 14.6 Å². The van der Waals surface area contributed by atoms with Crippen molar-refractivity contribution < 1.29 is 9.26 Å². The third kappa shape index (κ3) is 4.05. The smallest absolute Gasteiger partial charge is 0.226 e. The Balaban J connectivity index is 1.98. The largest absolute Gasteiger partial charge is 0.485 e. The second-order valence-electron chi connectivity index (χ2n) is 4.28.